The van der Waals surface area contributed by atoms with Gasteiger partial charge in [0.1, 0.15) is 6.04 Å². The molecule has 8 heteroatoms. The second-order valence-electron chi connectivity index (χ2n) is 7.84. The van der Waals surface area contributed by atoms with Gasteiger partial charge in [-0.1, -0.05) is 49.2 Å². The monoisotopic (exact) mass is 460 g/mol. The van der Waals surface area contributed by atoms with E-state index >= 15 is 0 Å². The number of anilines is 1. The minimum atomic E-state index is -0.770. The number of amides is 2. The van der Waals surface area contributed by atoms with Crippen LogP contribution in [0.25, 0.3) is 0 Å². The Bertz CT molecular complexity index is 955. The van der Waals surface area contributed by atoms with Crippen molar-refractivity contribution >= 4 is 46.9 Å². The summed E-state index contributed by atoms with van der Waals surface area (Å²) in [5.74, 6) is -1.000. The molecule has 6 nitrogen and oxygen atoms in total. The molecule has 0 bridgehead atoms. The van der Waals surface area contributed by atoms with Gasteiger partial charge in [-0.05, 0) is 54.7 Å². The average Bonchev–Trinajstić information content (AvgIpc) is 3.27. The fourth-order valence-corrected chi connectivity index (χ4v) is 3.91. The van der Waals surface area contributed by atoms with Crippen molar-refractivity contribution < 1.29 is 9.59 Å². The molecule has 0 saturated carbocycles. The number of hydrogen-bond acceptors (Lipinski definition) is 4. The van der Waals surface area contributed by atoms with Crippen LogP contribution in [0.1, 0.15) is 42.6 Å². The second-order valence-corrected chi connectivity index (χ2v) is 8.68. The van der Waals surface area contributed by atoms with Gasteiger partial charge >= 0.3 is 0 Å². The Kier molecular flexibility index (Phi) is 7.93. The number of rotatable bonds is 7. The number of hydrogen-bond donors (Lipinski definition) is 2. The van der Waals surface area contributed by atoms with Crippen molar-refractivity contribution in [2.24, 2.45) is 11.0 Å². The molecule has 2 aromatic rings. The second kappa shape index (κ2) is 10.6. The van der Waals surface area contributed by atoms with E-state index in [1.807, 2.05) is 26.0 Å². The third-order valence-corrected chi connectivity index (χ3v) is 5.71. The van der Waals surface area contributed by atoms with Crippen LogP contribution in [0, 0.1) is 5.92 Å². The lowest BCUT2D eigenvalue weighted by Gasteiger charge is -2.20. The highest BCUT2D eigenvalue weighted by Crippen LogP contribution is 2.22. The van der Waals surface area contributed by atoms with Crippen molar-refractivity contribution in [3.8, 4) is 0 Å². The molecule has 1 heterocycles. The third kappa shape index (κ3) is 6.21. The molecule has 0 aliphatic carbocycles. The highest BCUT2D eigenvalue weighted by Gasteiger charge is 2.25. The maximum absolute atomic E-state index is 12.6. The fraction of sp³-hybridized carbons (Fsp3) is 0.348. The first kappa shape index (κ1) is 23.1. The molecule has 2 N–H and O–H groups in total. The van der Waals surface area contributed by atoms with Crippen molar-refractivity contribution in [2.75, 3.05) is 18.0 Å². The molecular formula is C23H26Cl2N4O2. The SMILES string of the molecule is CC(C)C(NC(=O)c1ccc(Cl)cc1Cl)C(=O)N/N=C\c1ccc(N2CCCC2)cc1. The van der Waals surface area contributed by atoms with Crippen LogP contribution in [-0.4, -0.2) is 37.2 Å². The summed E-state index contributed by atoms with van der Waals surface area (Å²) < 4.78 is 0. The number of nitrogens with one attached hydrogen (secondary N) is 2. The van der Waals surface area contributed by atoms with Gasteiger partial charge in [-0.2, -0.15) is 5.10 Å². The van der Waals surface area contributed by atoms with Crippen molar-refractivity contribution in [1.29, 1.82) is 0 Å². The first-order valence-corrected chi connectivity index (χ1v) is 11.0. The van der Waals surface area contributed by atoms with Gasteiger partial charge in [-0.3, -0.25) is 9.59 Å². The number of carbonyl (C=O) groups is 2. The molecule has 2 aromatic carbocycles. The van der Waals surface area contributed by atoms with Crippen LogP contribution in [0.15, 0.2) is 47.6 Å². The first-order chi connectivity index (χ1) is 14.8. The van der Waals surface area contributed by atoms with Gasteiger partial charge in [0.25, 0.3) is 11.8 Å². The molecule has 1 unspecified atom stereocenters. The average molecular weight is 461 g/mol. The summed E-state index contributed by atoms with van der Waals surface area (Å²) >= 11 is 12.0. The van der Waals surface area contributed by atoms with Crippen molar-refractivity contribution in [3.63, 3.8) is 0 Å². The number of benzene rings is 2. The Morgan fingerprint density at radius 1 is 1.06 bits per heavy atom. The molecule has 164 valence electrons. The van der Waals surface area contributed by atoms with Crippen molar-refractivity contribution in [3.05, 3.63) is 63.6 Å². The van der Waals surface area contributed by atoms with Crippen LogP contribution in [0.2, 0.25) is 10.0 Å². The minimum absolute atomic E-state index is 0.148. The minimum Gasteiger partial charge on any atom is -0.372 e. The van der Waals surface area contributed by atoms with E-state index in [0.717, 1.165) is 18.7 Å². The molecule has 1 saturated heterocycles. The van der Waals surface area contributed by atoms with Gasteiger partial charge in [0.2, 0.25) is 0 Å². The Hall–Kier alpha value is -2.57. The number of carbonyl (C=O) groups excluding carboxylic acids is 2. The van der Waals surface area contributed by atoms with Gasteiger partial charge in [0, 0.05) is 23.8 Å². The lowest BCUT2D eigenvalue weighted by atomic mass is 10.0. The predicted molar refractivity (Wildman–Crippen MR) is 126 cm³/mol. The molecule has 0 spiro atoms. The zero-order valence-corrected chi connectivity index (χ0v) is 19.1. The maximum atomic E-state index is 12.6. The lowest BCUT2D eigenvalue weighted by molar-refractivity contribution is -0.123. The van der Waals surface area contributed by atoms with Crippen LogP contribution < -0.4 is 15.6 Å². The van der Waals surface area contributed by atoms with Crippen LogP contribution in [0.3, 0.4) is 0 Å². The fourth-order valence-electron chi connectivity index (χ4n) is 3.41. The zero-order chi connectivity index (χ0) is 22.4. The van der Waals surface area contributed by atoms with Crippen LogP contribution >= 0.6 is 23.2 Å². The summed E-state index contributed by atoms with van der Waals surface area (Å²) in [6.07, 6.45) is 4.04. The van der Waals surface area contributed by atoms with Gasteiger partial charge in [-0.15, -0.1) is 0 Å². The summed E-state index contributed by atoms with van der Waals surface area (Å²) in [6, 6.07) is 11.9. The zero-order valence-electron chi connectivity index (χ0n) is 17.6. The Morgan fingerprint density at radius 2 is 1.74 bits per heavy atom. The van der Waals surface area contributed by atoms with Crippen LogP contribution in [0.5, 0.6) is 0 Å². The largest absolute Gasteiger partial charge is 0.372 e. The Labute approximate surface area is 192 Å². The third-order valence-electron chi connectivity index (χ3n) is 5.16. The smallest absolute Gasteiger partial charge is 0.262 e. The lowest BCUT2D eigenvalue weighted by Crippen LogP contribution is -2.48. The van der Waals surface area contributed by atoms with E-state index in [-0.39, 0.29) is 16.5 Å². The van der Waals surface area contributed by atoms with Gasteiger partial charge < -0.3 is 10.2 Å². The van der Waals surface area contributed by atoms with E-state index in [4.69, 9.17) is 23.2 Å². The summed E-state index contributed by atoms with van der Waals surface area (Å²) in [5.41, 5.74) is 4.84. The van der Waals surface area contributed by atoms with Crippen LogP contribution in [-0.2, 0) is 4.79 Å². The summed E-state index contributed by atoms with van der Waals surface area (Å²) in [7, 11) is 0. The normalized spacial score (nSPS) is 14.8. The number of hydrazone groups is 1. The highest BCUT2D eigenvalue weighted by molar-refractivity contribution is 6.36. The number of nitrogens with zero attached hydrogens (tertiary/aromatic N) is 2. The molecular weight excluding hydrogens is 435 g/mol. The summed E-state index contributed by atoms with van der Waals surface area (Å²) in [6.45, 7) is 5.86. The maximum Gasteiger partial charge on any atom is 0.262 e. The van der Waals surface area contributed by atoms with Gasteiger partial charge in [-0.25, -0.2) is 5.43 Å². The Balaban J connectivity index is 1.59. The highest BCUT2D eigenvalue weighted by atomic mass is 35.5. The molecule has 1 aliphatic heterocycles. The molecule has 3 rings (SSSR count). The van der Waals surface area contributed by atoms with E-state index in [0.29, 0.717) is 5.02 Å². The summed E-state index contributed by atoms with van der Waals surface area (Å²) in [4.78, 5) is 27.5. The van der Waals surface area contributed by atoms with Gasteiger partial charge in [0.15, 0.2) is 0 Å². The van der Waals surface area contributed by atoms with Crippen LogP contribution in [0.4, 0.5) is 5.69 Å². The Morgan fingerprint density at radius 3 is 2.35 bits per heavy atom. The van der Waals surface area contributed by atoms with E-state index in [1.165, 1.54) is 30.7 Å². The standard InChI is InChI=1S/C23H26Cl2N4O2/c1-15(2)21(27-22(30)19-10-7-17(24)13-20(19)25)23(31)28-26-14-16-5-8-18(9-6-16)29-11-3-4-12-29/h5-10,13-15,21H,3-4,11-12H2,1-2H3,(H,27,30)(H,28,31)/b26-14-. The molecule has 0 radical (unpaired) electrons. The van der Waals surface area contributed by atoms with Crippen molar-refractivity contribution in [1.82, 2.24) is 10.7 Å². The topological polar surface area (TPSA) is 73.8 Å². The van der Waals surface area contributed by atoms with Crippen molar-refractivity contribution in [2.45, 2.75) is 32.7 Å². The predicted octanol–water partition coefficient (Wildman–Crippen LogP) is 4.50. The molecule has 0 aromatic heterocycles. The molecule has 31 heavy (non-hydrogen) atoms. The van der Waals surface area contributed by atoms with E-state index < -0.39 is 17.9 Å². The first-order valence-electron chi connectivity index (χ1n) is 10.3. The van der Waals surface area contributed by atoms with E-state index in [1.54, 1.807) is 12.3 Å². The summed E-state index contributed by atoms with van der Waals surface area (Å²) in [5, 5.41) is 7.43. The molecule has 1 aliphatic rings. The van der Waals surface area contributed by atoms with E-state index in [2.05, 4.69) is 32.9 Å². The van der Waals surface area contributed by atoms with E-state index in [9.17, 15) is 9.59 Å². The van der Waals surface area contributed by atoms with Gasteiger partial charge in [0.05, 0.1) is 16.8 Å². The quantitative estimate of drug-likeness (QED) is 0.471. The molecule has 1 atom stereocenters. The number of halogens is 2. The molecule has 2 amide bonds. The molecule has 1 fully saturated rings.